The van der Waals surface area contributed by atoms with Crippen LogP contribution in [0.5, 0.6) is 0 Å². The molecule has 0 amide bonds. The average Bonchev–Trinajstić information content (AvgIpc) is 3.49. The summed E-state index contributed by atoms with van der Waals surface area (Å²) in [4.78, 5) is 25.4. The van der Waals surface area contributed by atoms with Crippen molar-refractivity contribution >= 4 is 23.0 Å². The van der Waals surface area contributed by atoms with Gasteiger partial charge in [0.05, 0.1) is 16.6 Å². The molecule has 35 heavy (non-hydrogen) atoms. The largest absolute Gasteiger partial charge is 0.459 e. The van der Waals surface area contributed by atoms with Gasteiger partial charge in [0.25, 0.3) is 0 Å². The van der Waals surface area contributed by atoms with E-state index in [1.54, 1.807) is 53.2 Å². The van der Waals surface area contributed by atoms with Gasteiger partial charge in [0.1, 0.15) is 24.3 Å². The van der Waals surface area contributed by atoms with Crippen molar-refractivity contribution < 1.29 is 28.5 Å². The van der Waals surface area contributed by atoms with E-state index >= 15 is 0 Å². The summed E-state index contributed by atoms with van der Waals surface area (Å²) in [5, 5.41) is 8.43. The van der Waals surface area contributed by atoms with Gasteiger partial charge in [-0.2, -0.15) is 0 Å². The first-order valence-electron chi connectivity index (χ1n) is 11.1. The molecule has 1 aliphatic rings. The number of carbonyl (C=O) groups excluding carboxylic acids is 2. The zero-order chi connectivity index (χ0) is 24.2. The number of carbonyl (C=O) groups is 2. The molecule has 0 aliphatic carbocycles. The number of nitrogens with zero attached hydrogens (tertiary/aromatic N) is 3. The Hall–Kier alpha value is -4.08. The third-order valence-electron chi connectivity index (χ3n) is 5.82. The van der Waals surface area contributed by atoms with E-state index in [-0.39, 0.29) is 6.61 Å². The molecule has 0 radical (unpaired) electrons. The van der Waals surface area contributed by atoms with Crippen molar-refractivity contribution in [2.75, 3.05) is 13.7 Å². The molecule has 4 atom stereocenters. The van der Waals surface area contributed by atoms with E-state index in [0.29, 0.717) is 16.6 Å². The van der Waals surface area contributed by atoms with Crippen LogP contribution in [0.3, 0.4) is 0 Å². The summed E-state index contributed by atoms with van der Waals surface area (Å²) in [5.41, 5.74) is 2.21. The molecule has 5 rings (SSSR count). The number of esters is 2. The normalized spacial score (nSPS) is 21.6. The maximum absolute atomic E-state index is 12.9. The quantitative estimate of drug-likeness (QED) is 0.376. The third kappa shape index (κ3) is 4.64. The molecule has 0 spiro atoms. The lowest BCUT2D eigenvalue weighted by atomic mass is 10.1. The van der Waals surface area contributed by atoms with E-state index in [2.05, 4.69) is 10.3 Å². The second-order valence-electron chi connectivity index (χ2n) is 7.99. The minimum atomic E-state index is -0.871. The average molecular weight is 473 g/mol. The molecule has 0 N–H and O–H groups in total. The van der Waals surface area contributed by atoms with Crippen molar-refractivity contribution in [3.63, 3.8) is 0 Å². The van der Waals surface area contributed by atoms with Crippen molar-refractivity contribution in [3.05, 3.63) is 96.1 Å². The maximum Gasteiger partial charge on any atom is 0.338 e. The Morgan fingerprint density at radius 2 is 1.49 bits per heavy atom. The highest BCUT2D eigenvalue weighted by Gasteiger charge is 2.50. The van der Waals surface area contributed by atoms with E-state index in [0.717, 1.165) is 5.52 Å². The highest BCUT2D eigenvalue weighted by Crippen LogP contribution is 2.35. The molecule has 9 heteroatoms. The molecular weight excluding hydrogens is 450 g/mol. The first kappa shape index (κ1) is 22.7. The lowest BCUT2D eigenvalue weighted by Crippen LogP contribution is -2.40. The monoisotopic (exact) mass is 473 g/mol. The predicted molar refractivity (Wildman–Crippen MR) is 125 cm³/mol. The molecular formula is C26H23N3O6. The summed E-state index contributed by atoms with van der Waals surface area (Å²) in [6.07, 6.45) is -3.16. The topological polar surface area (TPSA) is 102 Å². The first-order chi connectivity index (χ1) is 17.2. The molecule has 4 aromatic rings. The first-order valence-corrected chi connectivity index (χ1v) is 11.1. The summed E-state index contributed by atoms with van der Waals surface area (Å²) < 4.78 is 24.9. The Kier molecular flexibility index (Phi) is 6.51. The van der Waals surface area contributed by atoms with Crippen molar-refractivity contribution in [2.24, 2.45) is 0 Å². The number of aromatic nitrogens is 3. The van der Waals surface area contributed by atoms with Crippen LogP contribution in [-0.2, 0) is 18.9 Å². The lowest BCUT2D eigenvalue weighted by Gasteiger charge is -2.23. The van der Waals surface area contributed by atoms with Crippen LogP contribution in [0.2, 0.25) is 0 Å². The fourth-order valence-corrected chi connectivity index (χ4v) is 4.09. The molecule has 1 fully saturated rings. The Balaban J connectivity index is 1.42. The molecule has 2 heterocycles. The Bertz CT molecular complexity index is 1310. The fraction of sp³-hybridized carbons (Fsp3) is 0.231. The molecule has 0 unspecified atom stereocenters. The highest BCUT2D eigenvalue weighted by atomic mass is 16.6. The van der Waals surface area contributed by atoms with Gasteiger partial charge in [-0.15, -0.1) is 5.10 Å². The van der Waals surface area contributed by atoms with E-state index in [1.165, 1.54) is 7.11 Å². The lowest BCUT2D eigenvalue weighted by molar-refractivity contribution is -0.0678. The smallest absolute Gasteiger partial charge is 0.338 e. The van der Waals surface area contributed by atoms with Gasteiger partial charge in [0, 0.05) is 7.11 Å². The SMILES string of the molecule is CO[C@@H]1[C@H](OC(=O)c2ccccc2)[C@@H](COC(=O)c2ccccc2)O[C@@H]1n1nnc2ccccc21. The van der Waals surface area contributed by atoms with Crippen molar-refractivity contribution in [1.29, 1.82) is 0 Å². The summed E-state index contributed by atoms with van der Waals surface area (Å²) in [6, 6.07) is 24.7. The maximum atomic E-state index is 12.9. The second kappa shape index (κ2) is 10.0. The second-order valence-corrected chi connectivity index (χ2v) is 7.99. The minimum absolute atomic E-state index is 0.149. The Labute approximate surface area is 201 Å². The van der Waals surface area contributed by atoms with E-state index in [4.69, 9.17) is 18.9 Å². The standard InChI is InChI=1S/C26H23N3O6/c1-32-23-22(35-26(31)18-12-6-3-7-13-18)21(16-33-25(30)17-10-4-2-5-11-17)34-24(23)29-20-15-9-8-14-19(20)27-28-29/h2-15,21-24H,16H2,1H3/t21-,22-,23-,24+/m1/s1. The number of para-hydroxylation sites is 1. The van der Waals surface area contributed by atoms with Gasteiger partial charge in [0.2, 0.25) is 0 Å². The van der Waals surface area contributed by atoms with Crippen LogP contribution in [0.25, 0.3) is 11.0 Å². The van der Waals surface area contributed by atoms with Gasteiger partial charge >= 0.3 is 11.9 Å². The van der Waals surface area contributed by atoms with Crippen molar-refractivity contribution in [2.45, 2.75) is 24.5 Å². The molecule has 3 aromatic carbocycles. The van der Waals surface area contributed by atoms with E-state index in [1.807, 2.05) is 36.4 Å². The third-order valence-corrected chi connectivity index (χ3v) is 5.82. The fourth-order valence-electron chi connectivity index (χ4n) is 4.09. The zero-order valence-electron chi connectivity index (χ0n) is 18.9. The summed E-state index contributed by atoms with van der Waals surface area (Å²) in [6.45, 7) is -0.149. The summed E-state index contributed by atoms with van der Waals surface area (Å²) in [5.74, 6) is -1.05. The van der Waals surface area contributed by atoms with E-state index in [9.17, 15) is 9.59 Å². The van der Waals surface area contributed by atoms with Gasteiger partial charge in [-0.1, -0.05) is 53.7 Å². The van der Waals surface area contributed by atoms with Crippen molar-refractivity contribution in [3.8, 4) is 0 Å². The highest BCUT2D eigenvalue weighted by molar-refractivity contribution is 5.90. The number of hydrogen-bond acceptors (Lipinski definition) is 8. The minimum Gasteiger partial charge on any atom is -0.459 e. The molecule has 0 saturated carbocycles. The predicted octanol–water partition coefficient (Wildman–Crippen LogP) is 3.43. The number of rotatable bonds is 7. The van der Waals surface area contributed by atoms with Gasteiger partial charge < -0.3 is 18.9 Å². The van der Waals surface area contributed by atoms with Crippen LogP contribution >= 0.6 is 0 Å². The molecule has 178 valence electrons. The summed E-state index contributed by atoms with van der Waals surface area (Å²) in [7, 11) is 1.50. The molecule has 1 saturated heterocycles. The molecule has 1 aliphatic heterocycles. The number of fused-ring (bicyclic) bond motifs is 1. The Morgan fingerprint density at radius 3 is 2.17 bits per heavy atom. The van der Waals surface area contributed by atoms with Crippen LogP contribution in [0.1, 0.15) is 26.9 Å². The zero-order valence-corrected chi connectivity index (χ0v) is 18.9. The van der Waals surface area contributed by atoms with Crippen molar-refractivity contribution in [1.82, 2.24) is 15.0 Å². The molecule has 0 bridgehead atoms. The van der Waals surface area contributed by atoms with Gasteiger partial charge in [-0.3, -0.25) is 0 Å². The van der Waals surface area contributed by atoms with Crippen LogP contribution in [0.15, 0.2) is 84.9 Å². The Morgan fingerprint density at radius 1 is 0.857 bits per heavy atom. The van der Waals surface area contributed by atoms with Crippen LogP contribution in [-0.4, -0.2) is 59.0 Å². The summed E-state index contributed by atoms with van der Waals surface area (Å²) >= 11 is 0. The molecule has 9 nitrogen and oxygen atoms in total. The number of ether oxygens (including phenoxy) is 4. The van der Waals surface area contributed by atoms with Crippen LogP contribution < -0.4 is 0 Å². The van der Waals surface area contributed by atoms with E-state index < -0.39 is 36.5 Å². The van der Waals surface area contributed by atoms with Gasteiger partial charge in [-0.05, 0) is 36.4 Å². The number of hydrogen-bond donors (Lipinski definition) is 0. The number of benzene rings is 3. The van der Waals surface area contributed by atoms with Crippen LogP contribution in [0.4, 0.5) is 0 Å². The molecule has 1 aromatic heterocycles. The van der Waals surface area contributed by atoms with Crippen LogP contribution in [0, 0.1) is 0 Å². The number of methoxy groups -OCH3 is 1. The van der Waals surface area contributed by atoms with Gasteiger partial charge in [-0.25, -0.2) is 14.3 Å². The van der Waals surface area contributed by atoms with Gasteiger partial charge in [0.15, 0.2) is 12.3 Å².